The van der Waals surface area contributed by atoms with Gasteiger partial charge in [-0.2, -0.15) is 0 Å². The predicted octanol–water partition coefficient (Wildman–Crippen LogP) is 2.57. The number of carbonyl (C=O) groups excluding carboxylic acids is 1. The first-order valence-corrected chi connectivity index (χ1v) is 6.26. The fourth-order valence-corrected chi connectivity index (χ4v) is 2.33. The first-order valence-electron chi connectivity index (χ1n) is 6.26. The van der Waals surface area contributed by atoms with E-state index >= 15 is 0 Å². The van der Waals surface area contributed by atoms with Gasteiger partial charge >= 0.3 is 0 Å². The minimum Gasteiger partial charge on any atom is -0.320 e. The molecule has 1 amide bonds. The number of benzene rings is 1. The van der Waals surface area contributed by atoms with Crippen LogP contribution in [0.2, 0.25) is 0 Å². The van der Waals surface area contributed by atoms with E-state index in [9.17, 15) is 22.4 Å². The molecule has 2 N–H and O–H groups in total. The van der Waals surface area contributed by atoms with Crippen LogP contribution >= 0.6 is 0 Å². The summed E-state index contributed by atoms with van der Waals surface area (Å²) in [5, 5.41) is 4.97. The lowest BCUT2D eigenvalue weighted by atomic mass is 9.83. The molecule has 1 aromatic carbocycles. The van der Waals surface area contributed by atoms with Gasteiger partial charge in [-0.1, -0.05) is 6.92 Å². The van der Waals surface area contributed by atoms with Gasteiger partial charge in [0.15, 0.2) is 23.3 Å². The highest BCUT2D eigenvalue weighted by molar-refractivity contribution is 5.96. The molecule has 7 heteroatoms. The summed E-state index contributed by atoms with van der Waals surface area (Å²) < 4.78 is 53.2. The predicted molar refractivity (Wildman–Crippen MR) is 65.1 cm³/mol. The lowest BCUT2D eigenvalue weighted by molar-refractivity contribution is -0.124. The third-order valence-corrected chi connectivity index (χ3v) is 3.75. The third-order valence-electron chi connectivity index (χ3n) is 3.75. The Morgan fingerprint density at radius 1 is 1.30 bits per heavy atom. The van der Waals surface area contributed by atoms with Crippen molar-refractivity contribution in [3.8, 4) is 0 Å². The van der Waals surface area contributed by atoms with Crippen LogP contribution in [-0.2, 0) is 4.79 Å². The molecule has 0 spiro atoms. The Morgan fingerprint density at radius 2 is 1.90 bits per heavy atom. The summed E-state index contributed by atoms with van der Waals surface area (Å²) in [4.78, 5) is 12.2. The van der Waals surface area contributed by atoms with Gasteiger partial charge in [-0.3, -0.25) is 4.79 Å². The molecule has 1 aliphatic rings. The molecule has 110 valence electrons. The number of anilines is 1. The van der Waals surface area contributed by atoms with Crippen LogP contribution in [0.4, 0.5) is 23.2 Å². The van der Waals surface area contributed by atoms with E-state index in [1.807, 2.05) is 5.32 Å². The van der Waals surface area contributed by atoms with Crippen molar-refractivity contribution in [2.24, 2.45) is 5.41 Å². The van der Waals surface area contributed by atoms with Gasteiger partial charge in [0.2, 0.25) is 5.91 Å². The van der Waals surface area contributed by atoms with Crippen molar-refractivity contribution in [1.29, 1.82) is 0 Å². The van der Waals surface area contributed by atoms with Crippen molar-refractivity contribution in [2.45, 2.75) is 19.8 Å². The van der Waals surface area contributed by atoms with Crippen LogP contribution in [0.15, 0.2) is 6.07 Å². The Kier molecular flexibility index (Phi) is 3.99. The number of nitrogens with one attached hydrogen (secondary N) is 2. The van der Waals surface area contributed by atoms with Crippen LogP contribution in [-0.4, -0.2) is 19.0 Å². The summed E-state index contributed by atoms with van der Waals surface area (Å²) >= 11 is 0. The largest absolute Gasteiger partial charge is 0.320 e. The molecule has 3 nitrogen and oxygen atoms in total. The van der Waals surface area contributed by atoms with E-state index in [2.05, 4.69) is 5.32 Å². The number of rotatable bonds is 3. The average Bonchev–Trinajstić information content (AvgIpc) is 2.91. The van der Waals surface area contributed by atoms with Gasteiger partial charge in [0.05, 0.1) is 5.41 Å². The molecule has 0 aromatic heterocycles. The fraction of sp³-hybridized carbons (Fsp3) is 0.462. The molecule has 0 bridgehead atoms. The fourth-order valence-electron chi connectivity index (χ4n) is 2.33. The van der Waals surface area contributed by atoms with Crippen molar-refractivity contribution in [2.75, 3.05) is 18.4 Å². The van der Waals surface area contributed by atoms with Crippen LogP contribution < -0.4 is 10.6 Å². The molecular formula is C13H14F4N2O. The zero-order chi connectivity index (χ0) is 14.9. The zero-order valence-corrected chi connectivity index (χ0v) is 10.8. The molecular weight excluding hydrogens is 276 g/mol. The van der Waals surface area contributed by atoms with Crippen molar-refractivity contribution in [3.63, 3.8) is 0 Å². The number of carbonyl (C=O) groups is 1. The Hall–Kier alpha value is -1.63. The Bertz CT molecular complexity index is 515. The maximum absolute atomic E-state index is 13.5. The van der Waals surface area contributed by atoms with Gasteiger partial charge in [0.25, 0.3) is 0 Å². The molecule has 1 heterocycles. The summed E-state index contributed by atoms with van der Waals surface area (Å²) in [7, 11) is 0. The number of hydrogen-bond acceptors (Lipinski definition) is 2. The van der Waals surface area contributed by atoms with Crippen molar-refractivity contribution < 1.29 is 22.4 Å². The monoisotopic (exact) mass is 290 g/mol. The molecule has 1 atom stereocenters. The molecule has 1 aromatic rings. The minimum atomic E-state index is -1.60. The molecule has 1 unspecified atom stereocenters. The molecule has 1 fully saturated rings. The quantitative estimate of drug-likeness (QED) is 0.663. The Labute approximate surface area is 113 Å². The second-order valence-corrected chi connectivity index (χ2v) is 4.86. The second kappa shape index (κ2) is 5.40. The van der Waals surface area contributed by atoms with Crippen LogP contribution in [0.3, 0.4) is 0 Å². The van der Waals surface area contributed by atoms with E-state index in [0.29, 0.717) is 25.9 Å². The van der Waals surface area contributed by atoms with E-state index in [1.165, 1.54) is 0 Å². The first-order chi connectivity index (χ1) is 9.41. The summed E-state index contributed by atoms with van der Waals surface area (Å²) in [5.74, 6) is -6.94. The van der Waals surface area contributed by atoms with E-state index in [1.54, 1.807) is 6.92 Å². The average molecular weight is 290 g/mol. The van der Waals surface area contributed by atoms with Gasteiger partial charge < -0.3 is 10.6 Å². The lowest BCUT2D eigenvalue weighted by Crippen LogP contribution is -2.38. The highest BCUT2D eigenvalue weighted by Crippen LogP contribution is 2.32. The number of halogens is 4. The van der Waals surface area contributed by atoms with Crippen molar-refractivity contribution in [3.05, 3.63) is 29.3 Å². The van der Waals surface area contributed by atoms with Gasteiger partial charge in [-0.15, -0.1) is 0 Å². The Morgan fingerprint density at radius 3 is 2.35 bits per heavy atom. The highest BCUT2D eigenvalue weighted by atomic mass is 19.2. The maximum atomic E-state index is 13.5. The molecule has 2 rings (SSSR count). The normalized spacial score (nSPS) is 22.1. The van der Waals surface area contributed by atoms with E-state index in [0.717, 1.165) is 0 Å². The third kappa shape index (κ3) is 2.37. The zero-order valence-electron chi connectivity index (χ0n) is 10.8. The van der Waals surface area contributed by atoms with Gasteiger partial charge in [-0.25, -0.2) is 17.6 Å². The standard InChI is InChI=1S/C13H14F4N2O/c1-2-13(3-4-18-6-13)12(20)19-11-9(16)7(14)5-8(15)10(11)17/h5,18H,2-4,6H2,1H3,(H,19,20). The van der Waals surface area contributed by atoms with Crippen LogP contribution in [0.1, 0.15) is 19.8 Å². The van der Waals surface area contributed by atoms with E-state index in [4.69, 9.17) is 0 Å². The molecule has 20 heavy (non-hydrogen) atoms. The van der Waals surface area contributed by atoms with Gasteiger partial charge in [-0.05, 0) is 19.4 Å². The lowest BCUT2D eigenvalue weighted by Gasteiger charge is -2.25. The maximum Gasteiger partial charge on any atom is 0.232 e. The highest BCUT2D eigenvalue weighted by Gasteiger charge is 2.40. The minimum absolute atomic E-state index is 0.104. The molecule has 0 aliphatic carbocycles. The van der Waals surface area contributed by atoms with Crippen molar-refractivity contribution >= 4 is 11.6 Å². The van der Waals surface area contributed by atoms with E-state index < -0.39 is 40.3 Å². The molecule has 0 saturated carbocycles. The van der Waals surface area contributed by atoms with E-state index in [-0.39, 0.29) is 6.07 Å². The van der Waals surface area contributed by atoms with Crippen LogP contribution in [0.5, 0.6) is 0 Å². The number of hydrogen-bond donors (Lipinski definition) is 2. The van der Waals surface area contributed by atoms with Gasteiger partial charge in [0, 0.05) is 12.6 Å². The smallest absolute Gasteiger partial charge is 0.232 e. The molecule has 0 radical (unpaired) electrons. The SMILES string of the molecule is CCC1(C(=O)Nc2c(F)c(F)cc(F)c2F)CCNC1. The molecule has 1 saturated heterocycles. The topological polar surface area (TPSA) is 41.1 Å². The summed E-state index contributed by atoms with van der Waals surface area (Å²) in [6.07, 6.45) is 0.948. The summed E-state index contributed by atoms with van der Waals surface area (Å²) in [6.45, 7) is 2.73. The second-order valence-electron chi connectivity index (χ2n) is 4.86. The summed E-state index contributed by atoms with van der Waals surface area (Å²) in [5.41, 5.74) is -1.89. The number of amides is 1. The molecule has 1 aliphatic heterocycles. The van der Waals surface area contributed by atoms with Gasteiger partial charge in [0.1, 0.15) is 5.69 Å². The summed E-state index contributed by atoms with van der Waals surface area (Å²) in [6, 6.07) is 0.104. The van der Waals surface area contributed by atoms with Crippen molar-refractivity contribution in [1.82, 2.24) is 5.32 Å². The van der Waals surface area contributed by atoms with Crippen LogP contribution in [0.25, 0.3) is 0 Å². The van der Waals surface area contributed by atoms with Crippen LogP contribution in [0, 0.1) is 28.7 Å². The first kappa shape index (κ1) is 14.8. The Balaban J connectivity index is 2.33.